The number of hydrogen-bond donors (Lipinski definition) is 2. The third-order valence-corrected chi connectivity index (χ3v) is 3.96. The number of carbonyl (C=O) groups excluding carboxylic acids is 1. The molecule has 0 aromatic carbocycles. The highest BCUT2D eigenvalue weighted by Gasteiger charge is 2.14. The molecule has 0 spiro atoms. The van der Waals surface area contributed by atoms with Gasteiger partial charge in [0.05, 0.1) is 12.5 Å². The van der Waals surface area contributed by atoms with E-state index in [2.05, 4.69) is 0 Å². The summed E-state index contributed by atoms with van der Waals surface area (Å²) in [5.74, 6) is 0.398. The molecule has 0 aromatic heterocycles. The minimum atomic E-state index is -0.957. The molecule has 0 fully saturated rings. The maximum atomic E-state index is 11.2. The van der Waals surface area contributed by atoms with Gasteiger partial charge in [0.25, 0.3) is 0 Å². The summed E-state index contributed by atoms with van der Waals surface area (Å²) in [5, 5.41) is 8.36. The largest absolute Gasteiger partial charge is 1.00 e. The van der Waals surface area contributed by atoms with E-state index in [0.29, 0.717) is 5.75 Å². The van der Waals surface area contributed by atoms with Crippen molar-refractivity contribution in [3.8, 4) is 0 Å². The molecule has 0 saturated carbocycles. The molecule has 0 amide bonds. The van der Waals surface area contributed by atoms with Crippen LogP contribution in [-0.4, -0.2) is 34.4 Å². The molecule has 0 unspecified atom stereocenters. The lowest BCUT2D eigenvalue weighted by Crippen LogP contribution is -3.00. The summed E-state index contributed by atoms with van der Waals surface area (Å²) in [6, 6.07) is -0.529. The van der Waals surface area contributed by atoms with Gasteiger partial charge in [-0.25, -0.2) is 0 Å². The Labute approximate surface area is 108 Å². The molecule has 0 saturated heterocycles. The van der Waals surface area contributed by atoms with Crippen molar-refractivity contribution in [1.29, 1.82) is 0 Å². The van der Waals surface area contributed by atoms with Crippen molar-refractivity contribution in [2.24, 2.45) is 5.73 Å². The molecule has 0 aliphatic rings. The zero-order valence-corrected chi connectivity index (χ0v) is 11.7. The number of hydrogen-bond acceptors (Lipinski definition) is 5. The molecule has 90 valence electrons. The summed E-state index contributed by atoms with van der Waals surface area (Å²) in [6.45, 7) is 2.02. The number of aliphatic carboxylic acids is 1. The first-order chi connectivity index (χ1) is 6.57. The van der Waals surface area contributed by atoms with Gasteiger partial charge in [0.15, 0.2) is 5.78 Å². The lowest BCUT2D eigenvalue weighted by atomic mass is 10.1. The normalized spacial score (nSPS) is 11.6. The lowest BCUT2D eigenvalue weighted by molar-refractivity contribution is -0.138. The number of carboxylic acid groups (broad SMARTS) is 1. The maximum absolute atomic E-state index is 11.2. The van der Waals surface area contributed by atoms with E-state index in [9.17, 15) is 9.59 Å². The molecule has 0 aliphatic heterocycles. The van der Waals surface area contributed by atoms with Crippen LogP contribution in [0.4, 0.5) is 0 Å². The minimum Gasteiger partial charge on any atom is -1.00 e. The molecule has 0 heterocycles. The van der Waals surface area contributed by atoms with Gasteiger partial charge >= 0.3 is 5.97 Å². The highest BCUT2D eigenvalue weighted by Crippen LogP contribution is 2.21. The van der Waals surface area contributed by atoms with Crippen LogP contribution in [0.1, 0.15) is 19.8 Å². The Kier molecular flexibility index (Phi) is 12.7. The van der Waals surface area contributed by atoms with Crippen LogP contribution in [0.5, 0.6) is 0 Å². The van der Waals surface area contributed by atoms with Gasteiger partial charge in [0.2, 0.25) is 0 Å². The second-order valence-corrected chi connectivity index (χ2v) is 5.45. The maximum Gasteiger partial charge on any atom is 0.303 e. The summed E-state index contributed by atoms with van der Waals surface area (Å²) in [4.78, 5) is 21.4. The van der Waals surface area contributed by atoms with E-state index in [0.717, 1.165) is 5.75 Å². The van der Waals surface area contributed by atoms with Gasteiger partial charge in [-0.15, -0.1) is 0 Å². The molecule has 0 aromatic rings. The fraction of sp³-hybridized carbons (Fsp3) is 0.750. The Morgan fingerprint density at radius 3 is 2.40 bits per heavy atom. The summed E-state index contributed by atoms with van der Waals surface area (Å²) < 4.78 is 0. The first-order valence-electron chi connectivity index (χ1n) is 4.32. The third-order valence-electron chi connectivity index (χ3n) is 1.45. The molecular formula is C8H15BrNO3S2-. The van der Waals surface area contributed by atoms with Crippen molar-refractivity contribution in [2.45, 2.75) is 25.8 Å². The van der Waals surface area contributed by atoms with Gasteiger partial charge in [-0.05, 0) is 0 Å². The van der Waals surface area contributed by atoms with Crippen LogP contribution < -0.4 is 22.7 Å². The van der Waals surface area contributed by atoms with Crippen molar-refractivity contribution in [1.82, 2.24) is 0 Å². The van der Waals surface area contributed by atoms with Crippen LogP contribution in [-0.2, 0) is 9.59 Å². The third kappa shape index (κ3) is 10.6. The molecule has 1 atom stereocenters. The Hall–Kier alpha value is 0.280. The van der Waals surface area contributed by atoms with Gasteiger partial charge in [-0.2, -0.15) is 0 Å². The molecule has 15 heavy (non-hydrogen) atoms. The van der Waals surface area contributed by atoms with Crippen LogP contribution in [0.15, 0.2) is 0 Å². The molecule has 0 radical (unpaired) electrons. The van der Waals surface area contributed by atoms with Crippen molar-refractivity contribution < 1.29 is 31.7 Å². The molecular weight excluding hydrogens is 302 g/mol. The molecule has 0 bridgehead atoms. The Bertz CT molecular complexity index is 204. The number of nitrogens with two attached hydrogens (primary N) is 1. The zero-order valence-electron chi connectivity index (χ0n) is 8.44. The number of halogens is 1. The van der Waals surface area contributed by atoms with Gasteiger partial charge in [0, 0.05) is 17.9 Å². The van der Waals surface area contributed by atoms with Crippen LogP contribution in [0, 0.1) is 0 Å². The van der Waals surface area contributed by atoms with Crippen LogP contribution in [0.2, 0.25) is 0 Å². The van der Waals surface area contributed by atoms with Gasteiger partial charge in [-0.1, -0.05) is 28.5 Å². The Balaban J connectivity index is 0. The molecule has 4 nitrogen and oxygen atoms in total. The van der Waals surface area contributed by atoms with E-state index in [-0.39, 0.29) is 35.6 Å². The number of ketones is 1. The summed E-state index contributed by atoms with van der Waals surface area (Å²) in [5.41, 5.74) is 5.57. The van der Waals surface area contributed by atoms with Crippen LogP contribution in [0.25, 0.3) is 0 Å². The van der Waals surface area contributed by atoms with Crippen molar-refractivity contribution >= 4 is 33.3 Å². The van der Waals surface area contributed by atoms with E-state index in [1.807, 2.05) is 6.92 Å². The molecule has 0 aliphatic carbocycles. The summed E-state index contributed by atoms with van der Waals surface area (Å²) in [6.07, 6.45) is -0.0913. The molecule has 0 rings (SSSR count). The monoisotopic (exact) mass is 316 g/mol. The van der Waals surface area contributed by atoms with E-state index in [1.165, 1.54) is 0 Å². The number of carboxylic acids is 1. The van der Waals surface area contributed by atoms with E-state index in [4.69, 9.17) is 10.8 Å². The van der Waals surface area contributed by atoms with Crippen LogP contribution in [0.3, 0.4) is 0 Å². The molecule has 3 N–H and O–H groups in total. The first-order valence-corrected chi connectivity index (χ1v) is 6.81. The van der Waals surface area contributed by atoms with Crippen molar-refractivity contribution in [2.75, 3.05) is 11.5 Å². The minimum absolute atomic E-state index is 0. The average Bonchev–Trinajstić information content (AvgIpc) is 2.14. The fourth-order valence-corrected chi connectivity index (χ4v) is 2.54. The highest BCUT2D eigenvalue weighted by atomic mass is 79.9. The number of Topliss-reactive ketones (excluding diaryl/α,β-unsaturated/α-hetero) is 1. The topological polar surface area (TPSA) is 80.4 Å². The smallest absolute Gasteiger partial charge is 0.303 e. The lowest BCUT2D eigenvalue weighted by Gasteiger charge is -2.08. The standard InChI is InChI=1S/C8H15NO3S2.BrH/c1-2-13-14-5-6(9)7(10)3-4-8(11)12;/h6H,2-5,9H2,1H3,(H,11,12);1H/p-1/t6-;/m0./s1. The quantitative estimate of drug-likeness (QED) is 0.404. The SMILES string of the molecule is CCSSC[C@H](N)C(=O)CCC(=O)O.[Br-]. The Morgan fingerprint density at radius 2 is 1.93 bits per heavy atom. The highest BCUT2D eigenvalue weighted by molar-refractivity contribution is 8.76. The van der Waals surface area contributed by atoms with E-state index in [1.54, 1.807) is 21.6 Å². The predicted octanol–water partition coefficient (Wildman–Crippen LogP) is -1.85. The fourth-order valence-electron chi connectivity index (χ4n) is 0.713. The zero-order chi connectivity index (χ0) is 11.0. The van der Waals surface area contributed by atoms with Gasteiger partial charge in [0.1, 0.15) is 0 Å². The van der Waals surface area contributed by atoms with Gasteiger partial charge < -0.3 is 27.8 Å². The second-order valence-electron chi connectivity index (χ2n) is 2.66. The van der Waals surface area contributed by atoms with Crippen molar-refractivity contribution in [3.63, 3.8) is 0 Å². The van der Waals surface area contributed by atoms with Gasteiger partial charge in [-0.3, -0.25) is 9.59 Å². The first kappa shape index (κ1) is 17.7. The van der Waals surface area contributed by atoms with Crippen LogP contribution >= 0.6 is 21.6 Å². The molecule has 7 heteroatoms. The second kappa shape index (κ2) is 10.8. The van der Waals surface area contributed by atoms with E-state index < -0.39 is 12.0 Å². The Morgan fingerprint density at radius 1 is 1.33 bits per heavy atom. The van der Waals surface area contributed by atoms with Crippen molar-refractivity contribution in [3.05, 3.63) is 0 Å². The number of rotatable bonds is 8. The summed E-state index contributed by atoms with van der Waals surface area (Å²) >= 11 is 0. The van der Waals surface area contributed by atoms with E-state index >= 15 is 0 Å². The summed E-state index contributed by atoms with van der Waals surface area (Å²) in [7, 11) is 3.19. The number of carbonyl (C=O) groups is 2. The predicted molar refractivity (Wildman–Crippen MR) is 60.4 cm³/mol. The average molecular weight is 317 g/mol.